The zero-order chi connectivity index (χ0) is 17.7. The van der Waals surface area contributed by atoms with Gasteiger partial charge in [-0.2, -0.15) is 0 Å². The first-order valence-electron chi connectivity index (χ1n) is 9.25. The van der Waals surface area contributed by atoms with Crippen molar-refractivity contribution in [1.29, 1.82) is 0 Å². The van der Waals surface area contributed by atoms with Gasteiger partial charge in [-0.25, -0.2) is 4.79 Å². The maximum Gasteiger partial charge on any atom is 0.410 e. The van der Waals surface area contributed by atoms with Crippen LogP contribution in [-0.4, -0.2) is 41.3 Å². The van der Waals surface area contributed by atoms with Crippen LogP contribution in [0, 0.1) is 5.92 Å². The first-order chi connectivity index (χ1) is 10.5. The molecule has 136 valence electrons. The molecule has 2 unspecified atom stereocenters. The molecule has 0 aliphatic heterocycles. The Morgan fingerprint density at radius 3 is 2.26 bits per heavy atom. The Hall–Kier alpha value is -0.770. The SMILES string of the molecule is CC1CCCCCC1NCCN(C(=O)OC(C)(C)C)C(C)(C)C. The molecule has 23 heavy (non-hydrogen) atoms. The molecular weight excluding hydrogens is 288 g/mol. The van der Waals surface area contributed by atoms with Crippen LogP contribution in [0.3, 0.4) is 0 Å². The van der Waals surface area contributed by atoms with Crippen molar-refractivity contribution < 1.29 is 9.53 Å². The fraction of sp³-hybridized carbons (Fsp3) is 0.947. The molecule has 0 bridgehead atoms. The van der Waals surface area contributed by atoms with Crippen molar-refractivity contribution in [2.75, 3.05) is 13.1 Å². The zero-order valence-electron chi connectivity index (χ0n) is 16.4. The number of carbonyl (C=O) groups excluding carboxylic acids is 1. The number of amides is 1. The van der Waals surface area contributed by atoms with Gasteiger partial charge in [-0.3, -0.25) is 0 Å². The Kier molecular flexibility index (Phi) is 7.37. The maximum absolute atomic E-state index is 12.5. The van der Waals surface area contributed by atoms with Crippen LogP contribution >= 0.6 is 0 Å². The molecule has 1 saturated carbocycles. The average molecular weight is 327 g/mol. The topological polar surface area (TPSA) is 41.6 Å². The lowest BCUT2D eigenvalue weighted by Crippen LogP contribution is -2.51. The number of ether oxygens (including phenoxy) is 1. The molecule has 0 radical (unpaired) electrons. The zero-order valence-corrected chi connectivity index (χ0v) is 16.4. The van der Waals surface area contributed by atoms with Crippen molar-refractivity contribution in [2.24, 2.45) is 5.92 Å². The van der Waals surface area contributed by atoms with Gasteiger partial charge in [0.2, 0.25) is 0 Å². The van der Waals surface area contributed by atoms with Gasteiger partial charge in [0.1, 0.15) is 5.60 Å². The van der Waals surface area contributed by atoms with Gasteiger partial charge in [-0.05, 0) is 60.3 Å². The lowest BCUT2D eigenvalue weighted by Gasteiger charge is -2.37. The van der Waals surface area contributed by atoms with E-state index in [2.05, 4.69) is 33.0 Å². The third kappa shape index (κ3) is 7.56. The lowest BCUT2D eigenvalue weighted by molar-refractivity contribution is 0.00634. The van der Waals surface area contributed by atoms with E-state index < -0.39 is 5.60 Å². The van der Waals surface area contributed by atoms with Crippen LogP contribution in [0.2, 0.25) is 0 Å². The van der Waals surface area contributed by atoms with Gasteiger partial charge in [0.15, 0.2) is 0 Å². The van der Waals surface area contributed by atoms with Crippen molar-refractivity contribution in [3.05, 3.63) is 0 Å². The molecule has 1 fully saturated rings. The number of hydrogen-bond acceptors (Lipinski definition) is 3. The predicted octanol–water partition coefficient (Wildman–Crippen LogP) is 4.58. The first kappa shape index (κ1) is 20.3. The Morgan fingerprint density at radius 1 is 1.09 bits per heavy atom. The van der Waals surface area contributed by atoms with E-state index in [-0.39, 0.29) is 11.6 Å². The molecule has 1 aliphatic carbocycles. The van der Waals surface area contributed by atoms with Gasteiger partial charge in [-0.1, -0.05) is 26.2 Å². The predicted molar refractivity (Wildman–Crippen MR) is 96.7 cm³/mol. The summed E-state index contributed by atoms with van der Waals surface area (Å²) in [7, 11) is 0. The average Bonchev–Trinajstić information content (AvgIpc) is 2.56. The third-order valence-corrected chi connectivity index (χ3v) is 4.53. The van der Waals surface area contributed by atoms with Crippen molar-refractivity contribution >= 4 is 6.09 Å². The molecule has 0 aromatic carbocycles. The summed E-state index contributed by atoms with van der Waals surface area (Å²) in [5, 5.41) is 3.68. The second-order valence-electron chi connectivity index (χ2n) is 8.98. The summed E-state index contributed by atoms with van der Waals surface area (Å²) in [6.45, 7) is 15.8. The van der Waals surface area contributed by atoms with Crippen LogP contribution < -0.4 is 5.32 Å². The van der Waals surface area contributed by atoms with E-state index in [9.17, 15) is 4.79 Å². The Morgan fingerprint density at radius 2 is 1.70 bits per heavy atom. The monoisotopic (exact) mass is 326 g/mol. The normalized spacial score (nSPS) is 23.3. The van der Waals surface area contributed by atoms with E-state index in [0.29, 0.717) is 12.6 Å². The molecule has 1 rings (SSSR count). The number of carbonyl (C=O) groups is 1. The van der Waals surface area contributed by atoms with Crippen LogP contribution in [0.5, 0.6) is 0 Å². The Balaban J connectivity index is 2.56. The van der Waals surface area contributed by atoms with E-state index in [4.69, 9.17) is 4.74 Å². The minimum atomic E-state index is -0.455. The highest BCUT2D eigenvalue weighted by Gasteiger charge is 2.30. The van der Waals surface area contributed by atoms with Crippen molar-refractivity contribution in [3.63, 3.8) is 0 Å². The number of nitrogens with zero attached hydrogens (tertiary/aromatic N) is 1. The fourth-order valence-corrected chi connectivity index (χ4v) is 3.18. The van der Waals surface area contributed by atoms with E-state index in [1.165, 1.54) is 32.1 Å². The molecule has 4 nitrogen and oxygen atoms in total. The maximum atomic E-state index is 12.5. The van der Waals surface area contributed by atoms with Crippen molar-refractivity contribution in [2.45, 2.75) is 97.8 Å². The van der Waals surface area contributed by atoms with Crippen molar-refractivity contribution in [3.8, 4) is 0 Å². The van der Waals surface area contributed by atoms with Crippen LogP contribution in [0.25, 0.3) is 0 Å². The largest absolute Gasteiger partial charge is 0.444 e. The van der Waals surface area contributed by atoms with E-state index in [0.717, 1.165) is 12.5 Å². The smallest absolute Gasteiger partial charge is 0.410 e. The summed E-state index contributed by atoms with van der Waals surface area (Å²) in [5.74, 6) is 0.724. The van der Waals surface area contributed by atoms with E-state index in [1.807, 2.05) is 25.7 Å². The third-order valence-electron chi connectivity index (χ3n) is 4.53. The van der Waals surface area contributed by atoms with Gasteiger partial charge in [0, 0.05) is 24.7 Å². The Bertz CT molecular complexity index is 369. The van der Waals surface area contributed by atoms with E-state index >= 15 is 0 Å². The molecule has 1 aliphatic rings. The summed E-state index contributed by atoms with van der Waals surface area (Å²) < 4.78 is 5.57. The summed E-state index contributed by atoms with van der Waals surface area (Å²) in [5.41, 5.74) is -0.692. The summed E-state index contributed by atoms with van der Waals surface area (Å²) >= 11 is 0. The van der Waals surface area contributed by atoms with Gasteiger partial charge >= 0.3 is 6.09 Å². The molecule has 0 heterocycles. The molecule has 0 aromatic heterocycles. The highest BCUT2D eigenvalue weighted by molar-refractivity contribution is 5.69. The van der Waals surface area contributed by atoms with Crippen molar-refractivity contribution in [1.82, 2.24) is 10.2 Å². The minimum Gasteiger partial charge on any atom is -0.444 e. The van der Waals surface area contributed by atoms with Gasteiger partial charge in [0.25, 0.3) is 0 Å². The highest BCUT2D eigenvalue weighted by atomic mass is 16.6. The number of hydrogen-bond donors (Lipinski definition) is 1. The molecule has 1 amide bonds. The molecule has 0 spiro atoms. The fourth-order valence-electron chi connectivity index (χ4n) is 3.18. The minimum absolute atomic E-state index is 0.222. The van der Waals surface area contributed by atoms with E-state index in [1.54, 1.807) is 0 Å². The Labute approximate surface area is 143 Å². The molecule has 0 aromatic rings. The van der Waals surface area contributed by atoms with Gasteiger partial charge in [-0.15, -0.1) is 0 Å². The summed E-state index contributed by atoms with van der Waals surface area (Å²) in [4.78, 5) is 14.3. The van der Waals surface area contributed by atoms with Gasteiger partial charge in [0.05, 0.1) is 0 Å². The lowest BCUT2D eigenvalue weighted by atomic mass is 9.97. The standard InChI is InChI=1S/C19H38N2O2/c1-15-11-9-8-10-12-16(15)20-13-14-21(18(2,3)4)17(22)23-19(5,6)7/h15-16,20H,8-14H2,1-7H3. The van der Waals surface area contributed by atoms with Crippen LogP contribution in [0.1, 0.15) is 80.6 Å². The number of rotatable bonds is 4. The first-order valence-corrected chi connectivity index (χ1v) is 9.25. The van der Waals surface area contributed by atoms with Gasteiger partial charge < -0.3 is 15.0 Å². The molecular formula is C19H38N2O2. The molecule has 2 atom stereocenters. The highest BCUT2D eigenvalue weighted by Crippen LogP contribution is 2.23. The summed E-state index contributed by atoms with van der Waals surface area (Å²) in [6.07, 6.45) is 6.37. The second kappa shape index (κ2) is 8.36. The second-order valence-corrected chi connectivity index (χ2v) is 8.98. The summed E-state index contributed by atoms with van der Waals surface area (Å²) in [6, 6.07) is 0.581. The van der Waals surface area contributed by atoms with Crippen LogP contribution in [0.15, 0.2) is 0 Å². The molecule has 4 heteroatoms. The quantitative estimate of drug-likeness (QED) is 0.769. The molecule has 1 N–H and O–H groups in total. The van der Waals surface area contributed by atoms with Crippen LogP contribution in [-0.2, 0) is 4.74 Å². The molecule has 0 saturated heterocycles. The van der Waals surface area contributed by atoms with Crippen LogP contribution in [0.4, 0.5) is 4.79 Å². The number of nitrogens with one attached hydrogen (secondary N) is 1.